The summed E-state index contributed by atoms with van der Waals surface area (Å²) in [5, 5.41) is 34.8. The van der Waals surface area contributed by atoms with Crippen molar-refractivity contribution < 1.29 is 39.3 Å². The Balaban J connectivity index is 3.11. The van der Waals surface area contributed by atoms with Crippen molar-refractivity contribution in [3.05, 3.63) is 29.8 Å². The molecule has 1 aromatic carbocycles. The minimum Gasteiger partial charge on any atom is -0.508 e. The molecule has 0 bridgehead atoms. The minimum absolute atomic E-state index is 0.00909. The van der Waals surface area contributed by atoms with E-state index < -0.39 is 60.2 Å². The molecular weight excluding hydrogens is 494 g/mol. The number of unbranched alkanes of at least 4 members (excludes halogenated alkanes) is 1. The Morgan fingerprint density at radius 3 is 1.94 bits per heavy atom. The van der Waals surface area contributed by atoms with Gasteiger partial charge in [0.05, 0.1) is 12.5 Å². The summed E-state index contributed by atoms with van der Waals surface area (Å²) < 4.78 is 0. The number of carbonyl (C=O) groups is 5. The van der Waals surface area contributed by atoms with Gasteiger partial charge in [-0.1, -0.05) is 12.1 Å². The van der Waals surface area contributed by atoms with E-state index in [1.807, 2.05) is 0 Å². The number of carboxylic acids is 2. The second kappa shape index (κ2) is 15.6. The average Bonchev–Trinajstić information content (AvgIpc) is 2.81. The standard InChI is InChI=1S/C22H33N5O8S/c23-8-2-1-3-15(25-19(31)14(24)10-18(29)30)20(32)26-16(9-12-4-6-13(28)7-5-12)21(33)27-17(11-36)22(34)35/h4-7,14-17,28,36H,1-3,8-11,23-24H2,(H,25,31)(H,26,32)(H,27,33)(H,29,30)(H,34,35). The van der Waals surface area contributed by atoms with Gasteiger partial charge >= 0.3 is 11.9 Å². The maximum Gasteiger partial charge on any atom is 0.327 e. The predicted octanol–water partition coefficient (Wildman–Crippen LogP) is -1.67. The first kappa shape index (κ1) is 30.7. The quantitative estimate of drug-likeness (QED) is 0.0876. The maximum atomic E-state index is 13.1. The number of nitrogens with one attached hydrogen (secondary N) is 3. The summed E-state index contributed by atoms with van der Waals surface area (Å²) in [6, 6.07) is 0.730. The van der Waals surface area contributed by atoms with Gasteiger partial charge in [0.1, 0.15) is 23.9 Å². The molecule has 0 aliphatic carbocycles. The number of phenolic OH excluding ortho intramolecular Hbond substituents is 1. The molecule has 0 aliphatic rings. The molecule has 0 aliphatic heterocycles. The van der Waals surface area contributed by atoms with Crippen LogP contribution in [0.25, 0.3) is 0 Å². The first-order valence-corrected chi connectivity index (χ1v) is 11.8. The lowest BCUT2D eigenvalue weighted by Gasteiger charge is -2.25. The van der Waals surface area contributed by atoms with Gasteiger partial charge in [-0.3, -0.25) is 19.2 Å². The molecule has 4 unspecified atom stereocenters. The zero-order valence-electron chi connectivity index (χ0n) is 19.6. The number of hydrogen-bond acceptors (Lipinski definition) is 9. The summed E-state index contributed by atoms with van der Waals surface area (Å²) in [4.78, 5) is 60.5. The summed E-state index contributed by atoms with van der Waals surface area (Å²) in [7, 11) is 0. The molecule has 0 fully saturated rings. The number of aliphatic carboxylic acids is 2. The van der Waals surface area contributed by atoms with Crippen LogP contribution in [0, 0.1) is 0 Å². The van der Waals surface area contributed by atoms with Gasteiger partial charge in [-0.25, -0.2) is 4.79 Å². The van der Waals surface area contributed by atoms with Crippen molar-refractivity contribution in [1.82, 2.24) is 16.0 Å². The first-order chi connectivity index (χ1) is 17.0. The number of thiol groups is 1. The fourth-order valence-electron chi connectivity index (χ4n) is 3.13. The van der Waals surface area contributed by atoms with Crippen molar-refractivity contribution in [3.63, 3.8) is 0 Å². The van der Waals surface area contributed by atoms with E-state index in [1.54, 1.807) is 0 Å². The maximum absolute atomic E-state index is 13.1. The lowest BCUT2D eigenvalue weighted by atomic mass is 10.0. The number of hydrogen-bond donors (Lipinski definition) is 9. The van der Waals surface area contributed by atoms with Crippen molar-refractivity contribution in [2.45, 2.75) is 56.3 Å². The third-order valence-corrected chi connectivity index (χ3v) is 5.48. The zero-order valence-corrected chi connectivity index (χ0v) is 20.4. The van der Waals surface area contributed by atoms with E-state index in [0.717, 1.165) is 0 Å². The molecule has 0 heterocycles. The van der Waals surface area contributed by atoms with Crippen LogP contribution in [0.1, 0.15) is 31.2 Å². The number of rotatable bonds is 16. The molecular formula is C22H33N5O8S. The van der Waals surface area contributed by atoms with E-state index >= 15 is 0 Å². The summed E-state index contributed by atoms with van der Waals surface area (Å²) >= 11 is 3.92. The van der Waals surface area contributed by atoms with E-state index in [2.05, 4.69) is 28.6 Å². The molecule has 0 spiro atoms. The molecule has 0 aromatic heterocycles. The highest BCUT2D eigenvalue weighted by molar-refractivity contribution is 7.80. The largest absolute Gasteiger partial charge is 0.508 e. The van der Waals surface area contributed by atoms with Crippen LogP contribution in [0.15, 0.2) is 24.3 Å². The molecule has 0 saturated heterocycles. The van der Waals surface area contributed by atoms with Crippen molar-refractivity contribution >= 4 is 42.3 Å². The monoisotopic (exact) mass is 527 g/mol. The Kier molecular flexibility index (Phi) is 13.3. The van der Waals surface area contributed by atoms with E-state index in [-0.39, 0.29) is 24.3 Å². The van der Waals surface area contributed by atoms with Crippen LogP contribution < -0.4 is 27.4 Å². The van der Waals surface area contributed by atoms with Crippen molar-refractivity contribution in [2.75, 3.05) is 12.3 Å². The number of benzene rings is 1. The fraction of sp³-hybridized carbons (Fsp3) is 0.500. The summed E-state index contributed by atoms with van der Waals surface area (Å²) in [5.41, 5.74) is 11.6. The van der Waals surface area contributed by atoms with Gasteiger partial charge in [-0.05, 0) is 43.5 Å². The van der Waals surface area contributed by atoms with Crippen molar-refractivity contribution in [3.8, 4) is 5.75 Å². The SMILES string of the molecule is NCCCCC(NC(=O)C(N)CC(=O)O)C(=O)NC(Cc1ccc(O)cc1)C(=O)NC(CS)C(=O)O. The molecule has 13 nitrogen and oxygen atoms in total. The molecule has 14 heteroatoms. The summed E-state index contributed by atoms with van der Waals surface area (Å²) in [6.45, 7) is 0.340. The fourth-order valence-corrected chi connectivity index (χ4v) is 3.38. The normalized spacial score (nSPS) is 14.1. The van der Waals surface area contributed by atoms with Gasteiger partial charge in [0.15, 0.2) is 0 Å². The van der Waals surface area contributed by atoms with Crippen LogP contribution in [-0.4, -0.2) is 81.4 Å². The van der Waals surface area contributed by atoms with Crippen molar-refractivity contribution in [1.29, 1.82) is 0 Å². The van der Waals surface area contributed by atoms with Gasteiger partial charge in [-0.2, -0.15) is 12.6 Å². The Morgan fingerprint density at radius 2 is 1.42 bits per heavy atom. The van der Waals surface area contributed by atoms with Gasteiger partial charge in [-0.15, -0.1) is 0 Å². The lowest BCUT2D eigenvalue weighted by Crippen LogP contribution is -2.58. The highest BCUT2D eigenvalue weighted by Gasteiger charge is 2.30. The molecule has 200 valence electrons. The third-order valence-electron chi connectivity index (χ3n) is 5.12. The molecule has 36 heavy (non-hydrogen) atoms. The summed E-state index contributed by atoms with van der Waals surface area (Å²) in [5.74, 6) is -5.21. The predicted molar refractivity (Wildman–Crippen MR) is 132 cm³/mol. The average molecular weight is 528 g/mol. The third kappa shape index (κ3) is 10.9. The second-order valence-electron chi connectivity index (χ2n) is 8.06. The topological polar surface area (TPSA) is 234 Å². The van der Waals surface area contributed by atoms with Crippen LogP contribution in [-0.2, 0) is 30.4 Å². The molecule has 1 aromatic rings. The van der Waals surface area contributed by atoms with Gasteiger partial charge in [0.25, 0.3) is 0 Å². The molecule has 0 radical (unpaired) electrons. The van der Waals surface area contributed by atoms with E-state index in [9.17, 15) is 34.2 Å². The highest BCUT2D eigenvalue weighted by atomic mass is 32.1. The van der Waals surface area contributed by atoms with Crippen molar-refractivity contribution in [2.24, 2.45) is 11.5 Å². The molecule has 0 saturated carbocycles. The number of nitrogens with two attached hydrogens (primary N) is 2. The Bertz CT molecular complexity index is 914. The van der Waals surface area contributed by atoms with Gasteiger partial charge in [0, 0.05) is 12.2 Å². The summed E-state index contributed by atoms with van der Waals surface area (Å²) in [6.07, 6.45) is 0.420. The smallest absolute Gasteiger partial charge is 0.327 e. The van der Waals surface area contributed by atoms with Crippen LogP contribution >= 0.6 is 12.6 Å². The van der Waals surface area contributed by atoms with E-state index in [4.69, 9.17) is 16.6 Å². The number of amides is 3. The Hall–Kier alpha value is -3.36. The highest BCUT2D eigenvalue weighted by Crippen LogP contribution is 2.12. The Morgan fingerprint density at radius 1 is 0.861 bits per heavy atom. The number of aromatic hydroxyl groups is 1. The molecule has 10 N–H and O–H groups in total. The second-order valence-corrected chi connectivity index (χ2v) is 8.43. The number of phenols is 1. The van der Waals surface area contributed by atoms with Gasteiger partial charge < -0.3 is 42.7 Å². The minimum atomic E-state index is -1.39. The molecule has 4 atom stereocenters. The van der Waals surface area contributed by atoms with Crippen LogP contribution in [0.2, 0.25) is 0 Å². The lowest BCUT2D eigenvalue weighted by molar-refractivity contribution is -0.141. The van der Waals surface area contributed by atoms with E-state index in [0.29, 0.717) is 24.9 Å². The first-order valence-electron chi connectivity index (χ1n) is 11.2. The Labute approximate surface area is 213 Å². The van der Waals surface area contributed by atoms with Crippen LogP contribution in [0.5, 0.6) is 5.75 Å². The molecule has 3 amide bonds. The van der Waals surface area contributed by atoms with Crippen LogP contribution in [0.4, 0.5) is 0 Å². The van der Waals surface area contributed by atoms with E-state index in [1.165, 1.54) is 24.3 Å². The molecule has 1 rings (SSSR count). The zero-order chi connectivity index (χ0) is 27.3. The number of carbonyl (C=O) groups excluding carboxylic acids is 3. The number of carboxylic acid groups (broad SMARTS) is 2. The van der Waals surface area contributed by atoms with Crippen LogP contribution in [0.3, 0.4) is 0 Å². The van der Waals surface area contributed by atoms with Gasteiger partial charge in [0.2, 0.25) is 17.7 Å².